The fraction of sp³-hybridized carbons (Fsp3) is 0.963. The van der Waals surface area contributed by atoms with E-state index >= 15 is 0 Å². The Morgan fingerprint density at radius 2 is 0.633 bits per heavy atom. The topological polar surface area (TPSA) is 67.9 Å². The largest absolute Gasteiger partial charge is 0.465 e. The molecule has 0 radical (unpaired) electrons. The first-order chi connectivity index (χ1) is 29.5. The molecule has 0 saturated carbocycles. The lowest BCUT2D eigenvalue weighted by molar-refractivity contribution is -0.150. The summed E-state index contributed by atoms with van der Waals surface area (Å²) in [6, 6.07) is 0. The van der Waals surface area contributed by atoms with E-state index in [-0.39, 0.29) is 23.8 Å². The predicted octanol–water partition coefficient (Wildman–Crippen LogP) is 16.1. The van der Waals surface area contributed by atoms with Gasteiger partial charge in [0.05, 0.1) is 25.0 Å². The minimum Gasteiger partial charge on any atom is -0.465 e. The monoisotopic (exact) mass is 849 g/mol. The van der Waals surface area contributed by atoms with Crippen LogP contribution in [0, 0.1) is 11.8 Å². The van der Waals surface area contributed by atoms with Gasteiger partial charge in [0.15, 0.2) is 0 Å². The number of esters is 2. The van der Waals surface area contributed by atoms with Crippen LogP contribution < -0.4 is 5.32 Å². The number of rotatable bonds is 50. The molecule has 2 unspecified atom stereocenters. The van der Waals surface area contributed by atoms with Gasteiger partial charge in [0.2, 0.25) is 0 Å². The molecular weight excluding hydrogens is 741 g/mol. The molecule has 0 aromatic heterocycles. The van der Waals surface area contributed by atoms with E-state index in [1.807, 2.05) is 0 Å². The van der Waals surface area contributed by atoms with Crippen LogP contribution in [0.5, 0.6) is 0 Å². The van der Waals surface area contributed by atoms with Crippen molar-refractivity contribution in [3.63, 3.8) is 0 Å². The van der Waals surface area contributed by atoms with E-state index in [1.165, 1.54) is 225 Å². The first-order valence-electron chi connectivity index (χ1n) is 27.2. The second kappa shape index (κ2) is 48.9. The highest BCUT2D eigenvalue weighted by molar-refractivity contribution is 5.72. The Morgan fingerprint density at radius 1 is 0.367 bits per heavy atom. The lowest BCUT2D eigenvalue weighted by atomic mass is 9.94. The van der Waals surface area contributed by atoms with Crippen molar-refractivity contribution < 1.29 is 19.1 Å². The zero-order chi connectivity index (χ0) is 43.8. The van der Waals surface area contributed by atoms with Crippen LogP contribution in [0.4, 0.5) is 0 Å². The van der Waals surface area contributed by atoms with Crippen molar-refractivity contribution in [2.24, 2.45) is 11.8 Å². The molecule has 0 spiro atoms. The molecule has 0 aromatic rings. The molecule has 0 aromatic carbocycles. The van der Waals surface area contributed by atoms with E-state index in [1.54, 1.807) is 0 Å². The molecule has 0 aliphatic heterocycles. The van der Waals surface area contributed by atoms with Gasteiger partial charge >= 0.3 is 11.9 Å². The Balaban J connectivity index is 4.03. The predicted molar refractivity (Wildman–Crippen MR) is 262 cm³/mol. The molecular formula is C54H108N2O4. The summed E-state index contributed by atoms with van der Waals surface area (Å²) in [4.78, 5) is 28.5. The lowest BCUT2D eigenvalue weighted by Crippen LogP contribution is -2.32. The summed E-state index contributed by atoms with van der Waals surface area (Å²) in [5, 5.41) is 3.35. The standard InChI is InChI=1S/C54H108N2O4/c1-6-10-14-18-27-35-43-51(41-33-16-12-8-3)53(57)59-49-39-31-25-21-20-23-29-37-46-56(48-45-55-5)47-38-30-24-22-26-32-40-50-60-54(58)52(42-34-17-13-9-4)44-36-28-19-15-11-7-2/h51-52,55H,6-50H2,1-5H3. The van der Waals surface area contributed by atoms with Crippen LogP contribution in [0.3, 0.4) is 0 Å². The van der Waals surface area contributed by atoms with Crippen LogP contribution in [0.25, 0.3) is 0 Å². The number of ether oxygens (including phenoxy) is 2. The third-order valence-corrected chi connectivity index (χ3v) is 12.9. The summed E-state index contributed by atoms with van der Waals surface area (Å²) in [7, 11) is 2.07. The maximum Gasteiger partial charge on any atom is 0.308 e. The highest BCUT2D eigenvalue weighted by Gasteiger charge is 2.20. The smallest absolute Gasteiger partial charge is 0.308 e. The Kier molecular flexibility index (Phi) is 48.0. The molecule has 6 heteroatoms. The molecule has 0 rings (SSSR count). The normalized spacial score (nSPS) is 12.6. The van der Waals surface area contributed by atoms with E-state index in [4.69, 9.17) is 9.47 Å². The first-order valence-corrected chi connectivity index (χ1v) is 27.2. The Bertz CT molecular complexity index is 869. The second-order valence-electron chi connectivity index (χ2n) is 18.8. The summed E-state index contributed by atoms with van der Waals surface area (Å²) >= 11 is 0. The number of likely N-dealkylation sites (N-methyl/N-ethyl adjacent to an activating group) is 1. The fourth-order valence-corrected chi connectivity index (χ4v) is 8.74. The van der Waals surface area contributed by atoms with Crippen molar-refractivity contribution in [3.8, 4) is 0 Å². The van der Waals surface area contributed by atoms with Crippen molar-refractivity contribution in [2.75, 3.05) is 46.4 Å². The molecule has 0 saturated heterocycles. The van der Waals surface area contributed by atoms with Gasteiger partial charge in [0.1, 0.15) is 0 Å². The van der Waals surface area contributed by atoms with E-state index in [2.05, 4.69) is 45.0 Å². The van der Waals surface area contributed by atoms with Gasteiger partial charge in [-0.05, 0) is 71.5 Å². The average Bonchev–Trinajstić information content (AvgIpc) is 3.25. The molecule has 358 valence electrons. The number of carbonyl (C=O) groups excluding carboxylic acids is 2. The van der Waals surface area contributed by atoms with E-state index in [9.17, 15) is 9.59 Å². The third-order valence-electron chi connectivity index (χ3n) is 12.9. The number of hydrogen-bond acceptors (Lipinski definition) is 6. The zero-order valence-corrected chi connectivity index (χ0v) is 41.6. The van der Waals surface area contributed by atoms with Crippen molar-refractivity contribution in [3.05, 3.63) is 0 Å². The van der Waals surface area contributed by atoms with Gasteiger partial charge in [-0.25, -0.2) is 0 Å². The van der Waals surface area contributed by atoms with Gasteiger partial charge in [-0.2, -0.15) is 0 Å². The number of hydrogen-bond donors (Lipinski definition) is 1. The molecule has 2 atom stereocenters. The molecule has 0 aliphatic rings. The van der Waals surface area contributed by atoms with Crippen LogP contribution >= 0.6 is 0 Å². The van der Waals surface area contributed by atoms with Crippen molar-refractivity contribution in [1.82, 2.24) is 10.2 Å². The molecule has 6 nitrogen and oxygen atoms in total. The summed E-state index contributed by atoms with van der Waals surface area (Å²) < 4.78 is 11.6. The van der Waals surface area contributed by atoms with Gasteiger partial charge < -0.3 is 19.7 Å². The van der Waals surface area contributed by atoms with Crippen molar-refractivity contribution >= 4 is 11.9 Å². The molecule has 0 fully saturated rings. The number of unbranched alkanes of at least 4 members (excludes halogenated alkanes) is 29. The summed E-state index contributed by atoms with van der Waals surface area (Å²) in [6.07, 6.45) is 48.1. The summed E-state index contributed by atoms with van der Waals surface area (Å²) in [5.41, 5.74) is 0. The van der Waals surface area contributed by atoms with Crippen LogP contribution in [-0.4, -0.2) is 63.3 Å². The Morgan fingerprint density at radius 3 is 0.950 bits per heavy atom. The third kappa shape index (κ3) is 40.9. The summed E-state index contributed by atoms with van der Waals surface area (Å²) in [5.74, 6) is 0.410. The first kappa shape index (κ1) is 58.9. The van der Waals surface area contributed by atoms with Crippen LogP contribution in [-0.2, 0) is 19.1 Å². The Labute approximate surface area is 376 Å². The molecule has 60 heavy (non-hydrogen) atoms. The molecule has 1 N–H and O–H groups in total. The van der Waals surface area contributed by atoms with Gasteiger partial charge in [-0.3, -0.25) is 9.59 Å². The van der Waals surface area contributed by atoms with Crippen molar-refractivity contribution in [2.45, 2.75) is 278 Å². The molecule has 0 heterocycles. The highest BCUT2D eigenvalue weighted by atomic mass is 16.5. The molecule has 0 amide bonds. The van der Waals surface area contributed by atoms with Crippen LogP contribution in [0.2, 0.25) is 0 Å². The van der Waals surface area contributed by atoms with Gasteiger partial charge in [0.25, 0.3) is 0 Å². The number of nitrogens with one attached hydrogen (secondary N) is 1. The highest BCUT2D eigenvalue weighted by Crippen LogP contribution is 2.22. The summed E-state index contributed by atoms with van der Waals surface area (Å²) in [6.45, 7) is 14.9. The van der Waals surface area contributed by atoms with Gasteiger partial charge in [-0.1, -0.05) is 227 Å². The lowest BCUT2D eigenvalue weighted by Gasteiger charge is -2.22. The van der Waals surface area contributed by atoms with Gasteiger partial charge in [-0.15, -0.1) is 0 Å². The quantitative estimate of drug-likeness (QED) is 0.0486. The van der Waals surface area contributed by atoms with Gasteiger partial charge in [0, 0.05) is 13.1 Å². The van der Waals surface area contributed by atoms with E-state index in [0.29, 0.717) is 13.2 Å². The second-order valence-corrected chi connectivity index (χ2v) is 18.8. The molecule has 0 aliphatic carbocycles. The Hall–Kier alpha value is -1.14. The van der Waals surface area contributed by atoms with Crippen molar-refractivity contribution in [1.29, 1.82) is 0 Å². The average molecular weight is 849 g/mol. The minimum absolute atomic E-state index is 0.0839. The number of nitrogens with zero attached hydrogens (tertiary/aromatic N) is 1. The van der Waals surface area contributed by atoms with E-state index < -0.39 is 0 Å². The zero-order valence-electron chi connectivity index (χ0n) is 41.6. The van der Waals surface area contributed by atoms with Crippen LogP contribution in [0.1, 0.15) is 278 Å². The maximum absolute atomic E-state index is 12.9. The van der Waals surface area contributed by atoms with E-state index in [0.717, 1.165) is 51.6 Å². The SMILES string of the molecule is CCCCCCCCC(CCCCCC)C(=O)OCCCCCCCCCCN(CCCCCCCCCOC(=O)C(CCCCCC)CCCCCCCC)CCNC. The maximum atomic E-state index is 12.9. The van der Waals surface area contributed by atoms with Crippen LogP contribution in [0.15, 0.2) is 0 Å². The molecule has 0 bridgehead atoms. The fourth-order valence-electron chi connectivity index (χ4n) is 8.74. The number of carbonyl (C=O) groups is 2. The minimum atomic E-state index is 0.0839.